The van der Waals surface area contributed by atoms with E-state index in [-0.39, 0.29) is 0 Å². The van der Waals surface area contributed by atoms with Crippen molar-refractivity contribution in [3.63, 3.8) is 0 Å². The molecule has 0 aliphatic rings. The van der Waals surface area contributed by atoms with Crippen LogP contribution in [0.15, 0.2) is 174 Å². The summed E-state index contributed by atoms with van der Waals surface area (Å²) in [7, 11) is 0. The third-order valence-corrected chi connectivity index (χ3v) is 11.3. The molecule has 3 nitrogen and oxygen atoms in total. The number of para-hydroxylation sites is 3. The molecule has 0 radical (unpaired) electrons. The van der Waals surface area contributed by atoms with Gasteiger partial charge in [-0.05, 0) is 84.2 Å². The lowest BCUT2D eigenvalue weighted by molar-refractivity contribution is 0.669. The normalized spacial score (nSPS) is 12.0. The molecule has 3 aromatic heterocycles. The SMILES string of the molecule is c1ccc(-n2c3ccccc3c3cc(N(c4ccc5c(c4)sc4ccccc45)c4cccc5c4ccc4oc6ccccc6c45)ccc32)cc1. The molecule has 0 spiro atoms. The Morgan fingerprint density at radius 1 is 0.420 bits per heavy atom. The summed E-state index contributed by atoms with van der Waals surface area (Å²) in [4.78, 5) is 2.44. The van der Waals surface area contributed by atoms with Gasteiger partial charge in [0.1, 0.15) is 11.2 Å². The first-order valence-corrected chi connectivity index (χ1v) is 17.7. The van der Waals surface area contributed by atoms with Crippen molar-refractivity contribution in [1.29, 1.82) is 0 Å². The minimum Gasteiger partial charge on any atom is -0.456 e. The van der Waals surface area contributed by atoms with E-state index in [4.69, 9.17) is 4.42 Å². The molecule has 3 heterocycles. The molecule has 234 valence electrons. The van der Waals surface area contributed by atoms with Gasteiger partial charge < -0.3 is 13.9 Å². The Balaban J connectivity index is 1.21. The van der Waals surface area contributed by atoms with E-state index in [1.807, 2.05) is 17.4 Å². The van der Waals surface area contributed by atoms with E-state index in [1.165, 1.54) is 52.8 Å². The first-order valence-electron chi connectivity index (χ1n) is 16.9. The number of hydrogen-bond donors (Lipinski definition) is 0. The van der Waals surface area contributed by atoms with Crippen molar-refractivity contribution < 1.29 is 4.42 Å². The zero-order chi connectivity index (χ0) is 32.8. The van der Waals surface area contributed by atoms with E-state index >= 15 is 0 Å². The largest absolute Gasteiger partial charge is 0.456 e. The number of furan rings is 1. The second-order valence-corrected chi connectivity index (χ2v) is 14.0. The van der Waals surface area contributed by atoms with Crippen molar-refractivity contribution in [1.82, 2.24) is 4.57 Å². The summed E-state index contributed by atoms with van der Waals surface area (Å²) in [6, 6.07) is 61.3. The van der Waals surface area contributed by atoms with Gasteiger partial charge in [-0.3, -0.25) is 0 Å². The number of aromatic nitrogens is 1. The lowest BCUT2D eigenvalue weighted by atomic mass is 10.0. The van der Waals surface area contributed by atoms with Crippen LogP contribution in [-0.4, -0.2) is 4.57 Å². The monoisotopic (exact) mass is 656 g/mol. The molecule has 0 amide bonds. The van der Waals surface area contributed by atoms with Gasteiger partial charge in [-0.1, -0.05) is 91.0 Å². The smallest absolute Gasteiger partial charge is 0.136 e. The van der Waals surface area contributed by atoms with Gasteiger partial charge in [-0.15, -0.1) is 11.3 Å². The molecule has 0 saturated carbocycles. The minimum atomic E-state index is 0.907. The molecule has 0 saturated heterocycles. The third-order valence-electron chi connectivity index (χ3n) is 10.2. The first-order chi connectivity index (χ1) is 24.8. The van der Waals surface area contributed by atoms with Gasteiger partial charge in [0, 0.05) is 64.2 Å². The summed E-state index contributed by atoms with van der Waals surface area (Å²) in [5.74, 6) is 0. The van der Waals surface area contributed by atoms with Crippen molar-refractivity contribution in [2.24, 2.45) is 0 Å². The van der Waals surface area contributed by atoms with Crippen LogP contribution in [0.4, 0.5) is 17.1 Å². The number of thiophene rings is 1. The van der Waals surface area contributed by atoms with Gasteiger partial charge in [0.25, 0.3) is 0 Å². The average molecular weight is 657 g/mol. The van der Waals surface area contributed by atoms with Gasteiger partial charge >= 0.3 is 0 Å². The first kappa shape index (κ1) is 27.6. The zero-order valence-electron chi connectivity index (χ0n) is 26.9. The molecule has 4 heteroatoms. The van der Waals surface area contributed by atoms with Crippen LogP contribution in [0.3, 0.4) is 0 Å². The Morgan fingerprint density at radius 3 is 2.02 bits per heavy atom. The topological polar surface area (TPSA) is 21.3 Å². The molecule has 0 fully saturated rings. The van der Waals surface area contributed by atoms with Crippen LogP contribution in [0.25, 0.3) is 80.4 Å². The van der Waals surface area contributed by atoms with Crippen molar-refractivity contribution in [2.75, 3.05) is 4.90 Å². The predicted molar refractivity (Wildman–Crippen MR) is 213 cm³/mol. The van der Waals surface area contributed by atoms with Crippen LogP contribution in [0.1, 0.15) is 0 Å². The maximum absolute atomic E-state index is 6.32. The maximum Gasteiger partial charge on any atom is 0.136 e. The summed E-state index contributed by atoms with van der Waals surface area (Å²) in [5, 5.41) is 9.70. The van der Waals surface area contributed by atoms with Crippen LogP contribution >= 0.6 is 11.3 Å². The fourth-order valence-electron chi connectivity index (χ4n) is 8.00. The number of anilines is 3. The Labute approximate surface area is 291 Å². The zero-order valence-corrected chi connectivity index (χ0v) is 27.7. The van der Waals surface area contributed by atoms with E-state index in [9.17, 15) is 0 Å². The maximum atomic E-state index is 6.32. The van der Waals surface area contributed by atoms with E-state index in [1.54, 1.807) is 0 Å². The highest BCUT2D eigenvalue weighted by molar-refractivity contribution is 7.25. The van der Waals surface area contributed by atoms with Crippen LogP contribution in [-0.2, 0) is 0 Å². The third kappa shape index (κ3) is 3.97. The lowest BCUT2D eigenvalue weighted by Crippen LogP contribution is -2.10. The van der Waals surface area contributed by atoms with Gasteiger partial charge in [-0.25, -0.2) is 0 Å². The van der Waals surface area contributed by atoms with Gasteiger partial charge in [0.2, 0.25) is 0 Å². The Hall–Kier alpha value is -6.36. The van der Waals surface area contributed by atoms with Crippen molar-refractivity contribution >= 4 is 103 Å². The van der Waals surface area contributed by atoms with Gasteiger partial charge in [0.05, 0.1) is 16.7 Å². The highest BCUT2D eigenvalue weighted by Gasteiger charge is 2.21. The summed E-state index contributed by atoms with van der Waals surface area (Å²) in [6.45, 7) is 0. The average Bonchev–Trinajstić information content (AvgIpc) is 3.85. The highest BCUT2D eigenvalue weighted by atomic mass is 32.1. The Kier molecular flexibility index (Phi) is 5.83. The molecule has 11 aromatic rings. The second-order valence-electron chi connectivity index (χ2n) is 12.9. The number of nitrogens with zero attached hydrogens (tertiary/aromatic N) is 2. The molecular formula is C46H28N2OS. The number of rotatable bonds is 4. The summed E-state index contributed by atoms with van der Waals surface area (Å²) in [5.41, 5.74) is 8.72. The standard InChI is InChI=1S/C46H28N2OS/c1-2-11-29(12-3-1)48-40-17-7-4-13-32(40)38-27-30(22-25-41(38)48)47(31-21-23-35-34-14-6-9-20-44(34)50-45(35)28-31)39-18-10-16-36-33(39)24-26-43-46(36)37-15-5-8-19-42(37)49-43/h1-28H. The molecule has 50 heavy (non-hydrogen) atoms. The fourth-order valence-corrected chi connectivity index (χ4v) is 9.14. The summed E-state index contributed by atoms with van der Waals surface area (Å²) >= 11 is 1.85. The van der Waals surface area contributed by atoms with Crippen molar-refractivity contribution in [3.8, 4) is 5.69 Å². The lowest BCUT2D eigenvalue weighted by Gasteiger charge is -2.27. The predicted octanol–water partition coefficient (Wildman–Crippen LogP) is 13.7. The van der Waals surface area contributed by atoms with E-state index in [0.29, 0.717) is 0 Å². The number of fused-ring (bicyclic) bond motifs is 11. The Bertz CT molecular complexity index is 3110. The molecule has 0 aliphatic heterocycles. The van der Waals surface area contributed by atoms with Crippen LogP contribution in [0, 0.1) is 0 Å². The van der Waals surface area contributed by atoms with E-state index in [2.05, 4.69) is 173 Å². The molecule has 0 atom stereocenters. The Morgan fingerprint density at radius 2 is 1.10 bits per heavy atom. The summed E-state index contributed by atoms with van der Waals surface area (Å²) < 4.78 is 11.3. The molecule has 11 rings (SSSR count). The van der Waals surface area contributed by atoms with Crippen molar-refractivity contribution in [3.05, 3.63) is 170 Å². The second kappa shape index (κ2) is 10.6. The molecule has 8 aromatic carbocycles. The quantitative estimate of drug-likeness (QED) is 0.188. The van der Waals surface area contributed by atoms with Gasteiger partial charge in [0.15, 0.2) is 0 Å². The van der Waals surface area contributed by atoms with Crippen LogP contribution in [0.5, 0.6) is 0 Å². The molecule has 0 aliphatic carbocycles. The number of benzene rings is 8. The molecule has 0 unspecified atom stereocenters. The number of hydrogen-bond acceptors (Lipinski definition) is 3. The van der Waals surface area contributed by atoms with Crippen LogP contribution < -0.4 is 4.90 Å². The van der Waals surface area contributed by atoms with E-state index < -0.39 is 0 Å². The molecule has 0 N–H and O–H groups in total. The van der Waals surface area contributed by atoms with Crippen molar-refractivity contribution in [2.45, 2.75) is 0 Å². The van der Waals surface area contributed by atoms with E-state index in [0.717, 1.165) is 44.7 Å². The van der Waals surface area contributed by atoms with Gasteiger partial charge in [-0.2, -0.15) is 0 Å². The molecule has 0 bridgehead atoms. The fraction of sp³-hybridized carbons (Fsp3) is 0. The minimum absolute atomic E-state index is 0.907. The summed E-state index contributed by atoms with van der Waals surface area (Å²) in [6.07, 6.45) is 0. The highest BCUT2D eigenvalue weighted by Crippen LogP contribution is 2.46. The molecular weight excluding hydrogens is 629 g/mol. The van der Waals surface area contributed by atoms with Crippen LogP contribution in [0.2, 0.25) is 0 Å².